The summed E-state index contributed by atoms with van der Waals surface area (Å²) in [5.74, 6) is -0.609. The number of carboxylic acids is 1. The number of guanidine groups is 1. The van der Waals surface area contributed by atoms with Gasteiger partial charge >= 0.3 is 5.97 Å². The highest BCUT2D eigenvalue weighted by Gasteiger charge is 2.16. The van der Waals surface area contributed by atoms with Gasteiger partial charge in [-0.1, -0.05) is 77.6 Å². The fourth-order valence-corrected chi connectivity index (χ4v) is 2.52. The predicted octanol–water partition coefficient (Wildman–Crippen LogP) is 4.02. The number of aliphatic imine (C=N–C) groups is 1. The van der Waals surface area contributed by atoms with Crippen LogP contribution in [0.5, 0.6) is 0 Å². The number of carbonyl (C=O) groups is 1. The van der Waals surface area contributed by atoms with Crippen molar-refractivity contribution in [2.75, 3.05) is 14.1 Å². The molecule has 0 saturated heterocycles. The third-order valence-corrected chi connectivity index (χ3v) is 4.11. The van der Waals surface area contributed by atoms with Crippen molar-refractivity contribution in [1.82, 2.24) is 4.90 Å². The lowest BCUT2D eigenvalue weighted by atomic mass is 10.0. The highest BCUT2D eigenvalue weighted by Crippen LogP contribution is 2.13. The molecule has 0 heterocycles. The molecule has 0 aromatic heterocycles. The largest absolute Gasteiger partial charge is 0.480 e. The second-order valence-electron chi connectivity index (χ2n) is 6.56. The number of carboxylic acid groups (broad SMARTS) is 1. The van der Waals surface area contributed by atoms with E-state index in [2.05, 4.69) is 11.9 Å². The van der Waals surface area contributed by atoms with E-state index < -0.39 is 12.0 Å². The Balaban J connectivity index is 3.64. The first-order valence-corrected chi connectivity index (χ1v) is 9.22. The molecule has 1 unspecified atom stereocenters. The van der Waals surface area contributed by atoms with E-state index in [4.69, 9.17) is 5.73 Å². The van der Waals surface area contributed by atoms with Gasteiger partial charge in [-0.3, -0.25) is 0 Å². The van der Waals surface area contributed by atoms with Crippen molar-refractivity contribution in [2.45, 2.75) is 90.0 Å². The maximum absolute atomic E-state index is 11.2. The predicted molar refractivity (Wildman–Crippen MR) is 97.8 cm³/mol. The maximum atomic E-state index is 11.2. The van der Waals surface area contributed by atoms with Crippen LogP contribution in [0.15, 0.2) is 4.99 Å². The van der Waals surface area contributed by atoms with E-state index >= 15 is 0 Å². The highest BCUT2D eigenvalue weighted by atomic mass is 16.4. The van der Waals surface area contributed by atoms with Gasteiger partial charge in [-0.15, -0.1) is 0 Å². The number of hydrogen-bond donors (Lipinski definition) is 2. The third-order valence-electron chi connectivity index (χ3n) is 4.11. The molecule has 0 spiro atoms. The minimum absolute atomic E-state index is 0.278. The van der Waals surface area contributed by atoms with Gasteiger partial charge in [-0.2, -0.15) is 0 Å². The van der Waals surface area contributed by atoms with Gasteiger partial charge in [0.25, 0.3) is 0 Å². The quantitative estimate of drug-likeness (QED) is 0.287. The molecule has 1 atom stereocenters. The normalized spacial score (nSPS) is 13.1. The summed E-state index contributed by atoms with van der Waals surface area (Å²) in [7, 11) is 3.53. The van der Waals surface area contributed by atoms with E-state index in [1.165, 1.54) is 57.8 Å². The SMILES string of the molecule is CCCCCCCCCCCCCC(N=C(N)N(C)C)C(=O)O. The van der Waals surface area contributed by atoms with E-state index in [1.54, 1.807) is 19.0 Å². The Morgan fingerprint density at radius 1 is 0.957 bits per heavy atom. The van der Waals surface area contributed by atoms with Crippen LogP contribution in [0.25, 0.3) is 0 Å². The fourth-order valence-electron chi connectivity index (χ4n) is 2.52. The molecule has 0 fully saturated rings. The minimum atomic E-state index is -0.887. The zero-order chi connectivity index (χ0) is 17.5. The number of nitrogens with two attached hydrogens (primary N) is 1. The van der Waals surface area contributed by atoms with Crippen molar-refractivity contribution in [3.8, 4) is 0 Å². The molecule has 0 aromatic rings. The average Bonchev–Trinajstić information content (AvgIpc) is 2.50. The zero-order valence-corrected chi connectivity index (χ0v) is 15.4. The standard InChI is InChI=1S/C18H37N3O2/c1-4-5-6-7-8-9-10-11-12-13-14-15-16(17(22)23)20-18(19)21(2)3/h16H,4-15H2,1-3H3,(H2,19,20)(H,22,23). The first kappa shape index (κ1) is 21.7. The number of nitrogens with zero attached hydrogens (tertiary/aromatic N) is 2. The molecule has 5 nitrogen and oxygen atoms in total. The lowest BCUT2D eigenvalue weighted by Crippen LogP contribution is -2.33. The second kappa shape index (κ2) is 14.3. The molecule has 0 radical (unpaired) electrons. The lowest BCUT2D eigenvalue weighted by Gasteiger charge is -2.14. The summed E-state index contributed by atoms with van der Waals surface area (Å²) in [6, 6.07) is -0.712. The van der Waals surface area contributed by atoms with Crippen molar-refractivity contribution in [1.29, 1.82) is 0 Å². The average molecular weight is 328 g/mol. The smallest absolute Gasteiger partial charge is 0.328 e. The number of unbranched alkanes of at least 4 members (excludes halogenated alkanes) is 10. The van der Waals surface area contributed by atoms with Crippen LogP contribution < -0.4 is 5.73 Å². The summed E-state index contributed by atoms with van der Waals surface area (Å²) in [6.45, 7) is 2.25. The summed E-state index contributed by atoms with van der Waals surface area (Å²) in [6.07, 6.45) is 14.4. The molecule has 0 aliphatic carbocycles. The van der Waals surface area contributed by atoms with Crippen LogP contribution in [0.1, 0.15) is 84.0 Å². The van der Waals surface area contributed by atoms with Crippen molar-refractivity contribution in [3.05, 3.63) is 0 Å². The Labute approximate surface area is 142 Å². The van der Waals surface area contributed by atoms with Crippen LogP contribution in [0.2, 0.25) is 0 Å². The topological polar surface area (TPSA) is 78.9 Å². The van der Waals surface area contributed by atoms with E-state index in [-0.39, 0.29) is 5.96 Å². The Morgan fingerprint density at radius 3 is 1.78 bits per heavy atom. The van der Waals surface area contributed by atoms with Crippen molar-refractivity contribution < 1.29 is 9.90 Å². The molecule has 0 aliphatic rings. The van der Waals surface area contributed by atoms with Crippen molar-refractivity contribution in [2.24, 2.45) is 10.7 Å². The first-order valence-electron chi connectivity index (χ1n) is 9.22. The summed E-state index contributed by atoms with van der Waals surface area (Å²) >= 11 is 0. The summed E-state index contributed by atoms with van der Waals surface area (Å²) in [5.41, 5.74) is 5.70. The van der Waals surface area contributed by atoms with Crippen molar-refractivity contribution >= 4 is 11.9 Å². The molecule has 3 N–H and O–H groups in total. The van der Waals surface area contributed by atoms with E-state index in [0.717, 1.165) is 12.8 Å². The Hall–Kier alpha value is -1.26. The number of hydrogen-bond acceptors (Lipinski definition) is 2. The van der Waals surface area contributed by atoms with Gasteiger partial charge in [0.1, 0.15) is 0 Å². The van der Waals surface area contributed by atoms with Gasteiger partial charge in [0, 0.05) is 14.1 Å². The fraction of sp³-hybridized carbons (Fsp3) is 0.889. The molecule has 0 bridgehead atoms. The second-order valence-corrected chi connectivity index (χ2v) is 6.56. The van der Waals surface area contributed by atoms with Crippen LogP contribution in [0.4, 0.5) is 0 Å². The van der Waals surface area contributed by atoms with Crippen LogP contribution in [0.3, 0.4) is 0 Å². The van der Waals surface area contributed by atoms with Gasteiger partial charge in [-0.05, 0) is 6.42 Å². The van der Waals surface area contributed by atoms with Crippen molar-refractivity contribution in [3.63, 3.8) is 0 Å². The highest BCUT2D eigenvalue weighted by molar-refractivity contribution is 5.82. The monoisotopic (exact) mass is 327 g/mol. The minimum Gasteiger partial charge on any atom is -0.480 e. The number of rotatable bonds is 14. The van der Waals surface area contributed by atoms with Crippen LogP contribution in [-0.4, -0.2) is 42.1 Å². The van der Waals surface area contributed by atoms with Gasteiger partial charge in [0.2, 0.25) is 0 Å². The number of aliphatic carboxylic acids is 1. The van der Waals surface area contributed by atoms with Gasteiger partial charge in [0.15, 0.2) is 12.0 Å². The molecule has 0 rings (SSSR count). The molecule has 0 aliphatic heterocycles. The third kappa shape index (κ3) is 12.9. The molecule has 0 amide bonds. The summed E-state index contributed by atoms with van der Waals surface area (Å²) in [4.78, 5) is 16.9. The molecule has 0 saturated carbocycles. The zero-order valence-electron chi connectivity index (χ0n) is 15.4. The molecule has 0 aromatic carbocycles. The van der Waals surface area contributed by atoms with E-state index in [9.17, 15) is 9.90 Å². The lowest BCUT2D eigenvalue weighted by molar-refractivity contribution is -0.138. The van der Waals surface area contributed by atoms with E-state index in [0.29, 0.717) is 6.42 Å². The Morgan fingerprint density at radius 2 is 1.39 bits per heavy atom. The van der Waals surface area contributed by atoms with E-state index in [1.807, 2.05) is 0 Å². The maximum Gasteiger partial charge on any atom is 0.328 e. The first-order chi connectivity index (χ1) is 11.0. The van der Waals surface area contributed by atoms with Gasteiger partial charge in [0.05, 0.1) is 0 Å². The molecule has 136 valence electrons. The molecular weight excluding hydrogens is 290 g/mol. The van der Waals surface area contributed by atoms with Gasteiger partial charge in [-0.25, -0.2) is 9.79 Å². The molecular formula is C18H37N3O2. The van der Waals surface area contributed by atoms with Crippen LogP contribution in [-0.2, 0) is 4.79 Å². The van der Waals surface area contributed by atoms with Crippen LogP contribution >= 0.6 is 0 Å². The molecule has 5 heteroatoms. The summed E-state index contributed by atoms with van der Waals surface area (Å²) in [5, 5.41) is 9.18. The Bertz CT molecular complexity index is 330. The summed E-state index contributed by atoms with van der Waals surface area (Å²) < 4.78 is 0. The van der Waals surface area contributed by atoms with Crippen LogP contribution in [0, 0.1) is 0 Å². The van der Waals surface area contributed by atoms with Gasteiger partial charge < -0.3 is 15.7 Å². The molecule has 23 heavy (non-hydrogen) atoms. The Kier molecular flexibility index (Phi) is 13.6.